The minimum absolute atomic E-state index is 0.128. The van der Waals surface area contributed by atoms with Gasteiger partial charge in [0, 0.05) is 25.2 Å². The highest BCUT2D eigenvalue weighted by molar-refractivity contribution is 8.26. The van der Waals surface area contributed by atoms with Crippen LogP contribution in [0.25, 0.3) is 6.08 Å². The molecule has 8 heteroatoms. The van der Waals surface area contributed by atoms with Gasteiger partial charge in [-0.1, -0.05) is 54.3 Å². The van der Waals surface area contributed by atoms with Gasteiger partial charge >= 0.3 is 0 Å². The normalized spacial score (nSPS) is 17.7. The molecule has 1 aromatic carbocycles. The zero-order valence-corrected chi connectivity index (χ0v) is 20.5. The van der Waals surface area contributed by atoms with Crippen LogP contribution >= 0.6 is 24.0 Å². The molecular weight excluding hydrogens is 452 g/mol. The Hall–Kier alpha value is -2.89. The Morgan fingerprint density at radius 1 is 1.15 bits per heavy atom. The largest absolute Gasteiger partial charge is 0.357 e. The van der Waals surface area contributed by atoms with Gasteiger partial charge in [-0.25, -0.2) is 0 Å². The highest BCUT2D eigenvalue weighted by atomic mass is 32.2. The molecule has 2 aliphatic heterocycles. The molecule has 2 saturated heterocycles. The number of thioether (sulfide) groups is 1. The lowest BCUT2D eigenvalue weighted by Gasteiger charge is -2.33. The van der Waals surface area contributed by atoms with Gasteiger partial charge in [0.1, 0.15) is 21.8 Å². The molecule has 170 valence electrons. The number of piperidine rings is 1. The monoisotopic (exact) mass is 478 g/mol. The number of benzene rings is 1. The third-order valence-electron chi connectivity index (χ3n) is 6.15. The fourth-order valence-electron chi connectivity index (χ4n) is 4.42. The van der Waals surface area contributed by atoms with Gasteiger partial charge in [-0.3, -0.25) is 19.1 Å². The molecule has 2 aromatic rings. The van der Waals surface area contributed by atoms with Crippen molar-refractivity contribution >= 4 is 46.1 Å². The summed E-state index contributed by atoms with van der Waals surface area (Å²) in [5.41, 5.74) is 2.23. The van der Waals surface area contributed by atoms with Crippen LogP contribution in [0.15, 0.2) is 40.0 Å². The third-order valence-corrected chi connectivity index (χ3v) is 7.53. The molecule has 4 rings (SSSR count). The molecule has 6 nitrogen and oxygen atoms in total. The average Bonchev–Trinajstić information content (AvgIpc) is 3.09. The predicted molar refractivity (Wildman–Crippen MR) is 137 cm³/mol. The number of nitrogens with zero attached hydrogens (tertiary/aromatic N) is 4. The second-order valence-electron chi connectivity index (χ2n) is 8.20. The van der Waals surface area contributed by atoms with Gasteiger partial charge in [0.25, 0.3) is 11.5 Å². The van der Waals surface area contributed by atoms with Crippen LogP contribution < -0.4 is 10.5 Å². The highest BCUT2D eigenvalue weighted by Crippen LogP contribution is 2.37. The first-order valence-electron chi connectivity index (χ1n) is 11.2. The maximum atomic E-state index is 13.3. The number of pyridine rings is 1. The zero-order chi connectivity index (χ0) is 23.5. The second kappa shape index (κ2) is 9.94. The van der Waals surface area contributed by atoms with Gasteiger partial charge in [0.05, 0.1) is 11.4 Å². The fourth-order valence-corrected chi connectivity index (χ4v) is 5.65. The standard InChI is InChI=1S/C25H26N4O2S2/c1-3-28-22(27-12-8-5-9-13-27)19(17(2)20(15-26)23(28)30)14-21-24(31)29(25(32)33-21)16-18-10-6-4-7-11-18/h4,6-7,10-11,14H,3,5,8-9,12-13,16H2,1-2H3/b21-14-. The minimum Gasteiger partial charge on any atom is -0.357 e. The number of aromatic nitrogens is 1. The van der Waals surface area contributed by atoms with Gasteiger partial charge in [0.15, 0.2) is 0 Å². The van der Waals surface area contributed by atoms with Crippen molar-refractivity contribution in [2.24, 2.45) is 0 Å². The van der Waals surface area contributed by atoms with Crippen LogP contribution in [0.3, 0.4) is 0 Å². The molecule has 1 amide bonds. The maximum Gasteiger partial charge on any atom is 0.270 e. The van der Waals surface area contributed by atoms with E-state index in [4.69, 9.17) is 12.2 Å². The highest BCUT2D eigenvalue weighted by Gasteiger charge is 2.33. The van der Waals surface area contributed by atoms with Crippen LogP contribution in [0.5, 0.6) is 0 Å². The van der Waals surface area contributed by atoms with Crippen LogP contribution in [0.2, 0.25) is 0 Å². The summed E-state index contributed by atoms with van der Waals surface area (Å²) >= 11 is 6.80. The van der Waals surface area contributed by atoms with Crippen LogP contribution in [-0.2, 0) is 17.9 Å². The summed E-state index contributed by atoms with van der Waals surface area (Å²) in [6, 6.07) is 11.8. The van der Waals surface area contributed by atoms with E-state index in [1.165, 1.54) is 11.8 Å². The summed E-state index contributed by atoms with van der Waals surface area (Å²) in [5.74, 6) is 0.651. The number of thiocarbonyl (C=S) groups is 1. The summed E-state index contributed by atoms with van der Waals surface area (Å²) in [6.07, 6.45) is 5.09. The van der Waals surface area contributed by atoms with Crippen molar-refractivity contribution in [3.8, 4) is 6.07 Å². The Morgan fingerprint density at radius 2 is 1.85 bits per heavy atom. The van der Waals surface area contributed by atoms with Crippen molar-refractivity contribution in [2.75, 3.05) is 18.0 Å². The second-order valence-corrected chi connectivity index (χ2v) is 9.88. The number of anilines is 1. The molecule has 0 saturated carbocycles. The molecule has 2 fully saturated rings. The van der Waals surface area contributed by atoms with Gasteiger partial charge < -0.3 is 4.90 Å². The SMILES string of the molecule is CCn1c(N2CCCCC2)c(/C=C2\SC(=S)N(Cc3ccccc3)C2=O)c(C)c(C#N)c1=O. The van der Waals surface area contributed by atoms with E-state index in [1.54, 1.807) is 16.4 Å². The Morgan fingerprint density at radius 3 is 2.48 bits per heavy atom. The Bertz CT molecular complexity index is 1220. The molecular formula is C25H26N4O2S2. The van der Waals surface area contributed by atoms with E-state index in [-0.39, 0.29) is 17.0 Å². The lowest BCUT2D eigenvalue weighted by atomic mass is 10.0. The van der Waals surface area contributed by atoms with Gasteiger partial charge in [-0.05, 0) is 50.3 Å². The van der Waals surface area contributed by atoms with Crippen molar-refractivity contribution in [2.45, 2.75) is 46.2 Å². The summed E-state index contributed by atoms with van der Waals surface area (Å²) < 4.78 is 2.18. The number of amides is 1. The number of carbonyl (C=O) groups excluding carboxylic acids is 1. The number of hydrogen-bond acceptors (Lipinski definition) is 6. The van der Waals surface area contributed by atoms with E-state index in [0.717, 1.165) is 49.3 Å². The van der Waals surface area contributed by atoms with E-state index in [1.807, 2.05) is 43.3 Å². The fraction of sp³-hybridized carbons (Fsp3) is 0.360. The van der Waals surface area contributed by atoms with Crippen LogP contribution in [0, 0.1) is 18.3 Å². The Labute approximate surface area is 203 Å². The van der Waals surface area contributed by atoms with Gasteiger partial charge in [-0.2, -0.15) is 5.26 Å². The molecule has 0 spiro atoms. The van der Waals surface area contributed by atoms with Crippen molar-refractivity contribution in [1.82, 2.24) is 9.47 Å². The molecule has 33 heavy (non-hydrogen) atoms. The average molecular weight is 479 g/mol. The molecule has 2 aliphatic rings. The van der Waals surface area contributed by atoms with E-state index in [9.17, 15) is 14.9 Å². The molecule has 0 N–H and O–H groups in total. The first-order chi connectivity index (χ1) is 16.0. The third kappa shape index (κ3) is 4.48. The number of hydrogen-bond donors (Lipinski definition) is 0. The summed E-state index contributed by atoms with van der Waals surface area (Å²) in [6.45, 7) is 6.27. The molecule has 0 radical (unpaired) electrons. The lowest BCUT2D eigenvalue weighted by Crippen LogP contribution is -2.37. The zero-order valence-electron chi connectivity index (χ0n) is 18.8. The Balaban J connectivity index is 1.81. The number of nitriles is 1. The van der Waals surface area contributed by atoms with E-state index in [2.05, 4.69) is 11.0 Å². The lowest BCUT2D eigenvalue weighted by molar-refractivity contribution is -0.122. The van der Waals surface area contributed by atoms with E-state index >= 15 is 0 Å². The molecule has 0 atom stereocenters. The summed E-state index contributed by atoms with van der Waals surface area (Å²) in [4.78, 5) is 30.7. The van der Waals surface area contributed by atoms with Crippen molar-refractivity contribution in [3.63, 3.8) is 0 Å². The first kappa shape index (κ1) is 23.3. The number of rotatable bonds is 5. The molecule has 0 bridgehead atoms. The molecule has 0 unspecified atom stereocenters. The van der Waals surface area contributed by atoms with E-state index in [0.29, 0.717) is 27.9 Å². The van der Waals surface area contributed by atoms with Crippen molar-refractivity contribution < 1.29 is 4.79 Å². The van der Waals surface area contributed by atoms with Crippen LogP contribution in [0.4, 0.5) is 5.82 Å². The summed E-state index contributed by atoms with van der Waals surface area (Å²) in [5, 5.41) is 9.71. The van der Waals surface area contributed by atoms with Crippen molar-refractivity contribution in [3.05, 3.63) is 67.8 Å². The summed E-state index contributed by atoms with van der Waals surface area (Å²) in [7, 11) is 0. The molecule has 3 heterocycles. The Kier molecular flexibility index (Phi) is 7.01. The van der Waals surface area contributed by atoms with Gasteiger partial charge in [0.2, 0.25) is 0 Å². The maximum absolute atomic E-state index is 13.3. The minimum atomic E-state index is -0.271. The number of carbonyl (C=O) groups is 1. The predicted octanol–water partition coefficient (Wildman–Crippen LogP) is 4.44. The van der Waals surface area contributed by atoms with Gasteiger partial charge in [-0.15, -0.1) is 0 Å². The molecule has 0 aliphatic carbocycles. The van der Waals surface area contributed by atoms with Crippen LogP contribution in [0.1, 0.15) is 48.4 Å². The topological polar surface area (TPSA) is 69.3 Å². The quantitative estimate of drug-likeness (QED) is 0.467. The first-order valence-corrected chi connectivity index (χ1v) is 12.4. The van der Waals surface area contributed by atoms with Crippen molar-refractivity contribution in [1.29, 1.82) is 5.26 Å². The molecule has 1 aromatic heterocycles. The van der Waals surface area contributed by atoms with E-state index < -0.39 is 0 Å². The smallest absolute Gasteiger partial charge is 0.270 e. The van der Waals surface area contributed by atoms with Crippen LogP contribution in [-0.4, -0.2) is 32.8 Å².